The topological polar surface area (TPSA) is 9.23 Å². The SMILES string of the molecule is CC.CC.CCCCC.CCCCC.COc1cccc(C)c1. The summed E-state index contributed by atoms with van der Waals surface area (Å²) < 4.78 is 5.00. The molecule has 23 heavy (non-hydrogen) atoms. The Morgan fingerprint density at radius 2 is 1.13 bits per heavy atom. The van der Waals surface area contributed by atoms with E-state index >= 15 is 0 Å². The summed E-state index contributed by atoms with van der Waals surface area (Å²) in [6.07, 6.45) is 8.15. The van der Waals surface area contributed by atoms with E-state index in [4.69, 9.17) is 4.74 Å². The normalized spacial score (nSPS) is 7.74. The molecule has 0 unspecified atom stereocenters. The summed E-state index contributed by atoms with van der Waals surface area (Å²) in [6.45, 7) is 18.9. The van der Waals surface area contributed by atoms with Crippen LogP contribution in [0.15, 0.2) is 24.3 Å². The molecule has 1 aromatic carbocycles. The molecule has 0 aliphatic carbocycles. The second-order valence-electron chi connectivity index (χ2n) is 4.73. The first-order valence-corrected chi connectivity index (χ1v) is 9.76. The van der Waals surface area contributed by atoms with Gasteiger partial charge in [0.25, 0.3) is 0 Å². The predicted molar refractivity (Wildman–Crippen MR) is 111 cm³/mol. The van der Waals surface area contributed by atoms with Crippen molar-refractivity contribution in [3.05, 3.63) is 29.8 Å². The molecule has 0 atom stereocenters. The maximum atomic E-state index is 5.00. The highest BCUT2D eigenvalue weighted by atomic mass is 16.5. The molecule has 0 radical (unpaired) electrons. The zero-order chi connectivity index (χ0) is 18.9. The van der Waals surface area contributed by atoms with Crippen molar-refractivity contribution in [1.29, 1.82) is 0 Å². The van der Waals surface area contributed by atoms with Crippen LogP contribution in [0.25, 0.3) is 0 Å². The van der Waals surface area contributed by atoms with Crippen LogP contribution in [0.5, 0.6) is 5.75 Å². The van der Waals surface area contributed by atoms with E-state index < -0.39 is 0 Å². The third-order valence-corrected chi connectivity index (χ3v) is 2.64. The average Bonchev–Trinajstić information content (AvgIpc) is 2.61. The average molecular weight is 327 g/mol. The van der Waals surface area contributed by atoms with Crippen LogP contribution < -0.4 is 4.74 Å². The molecule has 0 N–H and O–H groups in total. The van der Waals surface area contributed by atoms with Gasteiger partial charge in [-0.1, -0.05) is 106 Å². The molecular weight excluding hydrogens is 280 g/mol. The van der Waals surface area contributed by atoms with Crippen LogP contribution in [0.1, 0.15) is 99.5 Å². The molecule has 1 nitrogen and oxygen atoms in total. The van der Waals surface area contributed by atoms with E-state index in [1.807, 2.05) is 58.9 Å². The molecule has 0 saturated carbocycles. The molecule has 0 aliphatic heterocycles. The van der Waals surface area contributed by atoms with Crippen LogP contribution in [-0.4, -0.2) is 7.11 Å². The number of rotatable bonds is 5. The van der Waals surface area contributed by atoms with Gasteiger partial charge in [-0.15, -0.1) is 0 Å². The Kier molecular flexibility index (Phi) is 42.8. The first-order valence-electron chi connectivity index (χ1n) is 9.76. The fourth-order valence-corrected chi connectivity index (χ4v) is 1.45. The van der Waals surface area contributed by atoms with Gasteiger partial charge >= 0.3 is 0 Å². The van der Waals surface area contributed by atoms with Crippen LogP contribution >= 0.6 is 0 Å². The Morgan fingerprint density at radius 1 is 0.739 bits per heavy atom. The number of aryl methyl sites for hydroxylation is 1. The van der Waals surface area contributed by atoms with Gasteiger partial charge in [0.2, 0.25) is 0 Å². The lowest BCUT2D eigenvalue weighted by Gasteiger charge is -1.97. The predicted octanol–water partition coefficient (Wildman–Crippen LogP) is 8.45. The zero-order valence-electron chi connectivity index (χ0n) is 18.0. The van der Waals surface area contributed by atoms with Crippen LogP contribution in [0.3, 0.4) is 0 Å². The van der Waals surface area contributed by atoms with Gasteiger partial charge in [0.05, 0.1) is 7.11 Å². The van der Waals surface area contributed by atoms with E-state index in [0.29, 0.717) is 0 Å². The van der Waals surface area contributed by atoms with Crippen LogP contribution in [-0.2, 0) is 0 Å². The maximum Gasteiger partial charge on any atom is 0.119 e. The van der Waals surface area contributed by atoms with Gasteiger partial charge in [-0.25, -0.2) is 0 Å². The van der Waals surface area contributed by atoms with Crippen molar-refractivity contribution < 1.29 is 4.74 Å². The van der Waals surface area contributed by atoms with Gasteiger partial charge in [-0.3, -0.25) is 0 Å². The van der Waals surface area contributed by atoms with Gasteiger partial charge in [-0.2, -0.15) is 0 Å². The number of unbranched alkanes of at least 4 members (excludes halogenated alkanes) is 4. The quantitative estimate of drug-likeness (QED) is 0.527. The van der Waals surface area contributed by atoms with Crippen molar-refractivity contribution in [3.8, 4) is 5.75 Å². The highest BCUT2D eigenvalue weighted by molar-refractivity contribution is 5.27. The van der Waals surface area contributed by atoms with Crippen molar-refractivity contribution >= 4 is 0 Å². The summed E-state index contributed by atoms with van der Waals surface area (Å²) in [4.78, 5) is 0. The second-order valence-corrected chi connectivity index (χ2v) is 4.73. The number of ether oxygens (including phenoxy) is 1. The van der Waals surface area contributed by atoms with Crippen LogP contribution in [0.4, 0.5) is 0 Å². The largest absolute Gasteiger partial charge is 0.497 e. The van der Waals surface area contributed by atoms with Gasteiger partial charge in [0.15, 0.2) is 0 Å². The van der Waals surface area contributed by atoms with E-state index in [0.717, 1.165) is 5.75 Å². The molecule has 1 heteroatoms. The second kappa shape index (κ2) is 32.8. The van der Waals surface area contributed by atoms with Crippen molar-refractivity contribution in [3.63, 3.8) is 0 Å². The summed E-state index contributed by atoms with van der Waals surface area (Å²) in [5, 5.41) is 0. The fourth-order valence-electron chi connectivity index (χ4n) is 1.45. The van der Waals surface area contributed by atoms with Crippen LogP contribution in [0.2, 0.25) is 0 Å². The monoisotopic (exact) mass is 326 g/mol. The third-order valence-electron chi connectivity index (χ3n) is 2.64. The molecule has 0 aliphatic rings. The van der Waals surface area contributed by atoms with Gasteiger partial charge in [0.1, 0.15) is 5.75 Å². The smallest absolute Gasteiger partial charge is 0.119 e. The molecule has 1 rings (SSSR count). The lowest BCUT2D eigenvalue weighted by Crippen LogP contribution is -1.81. The van der Waals surface area contributed by atoms with E-state index in [9.17, 15) is 0 Å². The Hall–Kier alpha value is -0.980. The molecule has 0 heterocycles. The summed E-state index contributed by atoms with van der Waals surface area (Å²) in [7, 11) is 1.68. The number of benzene rings is 1. The molecular formula is C22H46O. The molecule has 0 amide bonds. The molecule has 140 valence electrons. The minimum absolute atomic E-state index is 0.926. The number of hydrogen-bond donors (Lipinski definition) is 0. The number of methoxy groups -OCH3 is 1. The first kappa shape index (κ1) is 30.0. The van der Waals surface area contributed by atoms with Gasteiger partial charge < -0.3 is 4.74 Å². The van der Waals surface area contributed by atoms with E-state index in [2.05, 4.69) is 27.7 Å². The maximum absolute atomic E-state index is 5.00. The summed E-state index contributed by atoms with van der Waals surface area (Å²) >= 11 is 0. The lowest BCUT2D eigenvalue weighted by atomic mass is 10.2. The van der Waals surface area contributed by atoms with E-state index in [-0.39, 0.29) is 0 Å². The van der Waals surface area contributed by atoms with Crippen molar-refractivity contribution in [2.24, 2.45) is 0 Å². The Morgan fingerprint density at radius 3 is 1.30 bits per heavy atom. The number of hydrogen-bond acceptors (Lipinski definition) is 1. The van der Waals surface area contributed by atoms with Crippen LogP contribution in [0, 0.1) is 6.92 Å². The van der Waals surface area contributed by atoms with Gasteiger partial charge in [-0.05, 0) is 24.6 Å². The Labute approximate surface area is 148 Å². The van der Waals surface area contributed by atoms with E-state index in [1.54, 1.807) is 7.11 Å². The molecule has 1 aromatic rings. The Balaban J connectivity index is -0.000000112. The highest BCUT2D eigenvalue weighted by Gasteiger charge is 1.86. The van der Waals surface area contributed by atoms with Crippen molar-refractivity contribution in [2.45, 2.75) is 101 Å². The molecule has 0 aromatic heterocycles. The highest BCUT2D eigenvalue weighted by Crippen LogP contribution is 2.10. The minimum atomic E-state index is 0.926. The minimum Gasteiger partial charge on any atom is -0.497 e. The first-order chi connectivity index (χ1) is 11.2. The van der Waals surface area contributed by atoms with Crippen molar-refractivity contribution in [1.82, 2.24) is 0 Å². The van der Waals surface area contributed by atoms with E-state index in [1.165, 1.54) is 44.1 Å². The summed E-state index contributed by atoms with van der Waals surface area (Å²) in [5.74, 6) is 0.926. The molecule has 0 bridgehead atoms. The Bertz CT molecular complexity index is 258. The zero-order valence-corrected chi connectivity index (χ0v) is 18.0. The fraction of sp³-hybridized carbons (Fsp3) is 0.727. The van der Waals surface area contributed by atoms with Gasteiger partial charge in [0, 0.05) is 0 Å². The molecule has 0 saturated heterocycles. The lowest BCUT2D eigenvalue weighted by molar-refractivity contribution is 0.414. The molecule has 0 fully saturated rings. The standard InChI is InChI=1S/C8H10O.2C5H12.2C2H6/c1-7-4-3-5-8(6-7)9-2;2*1-3-5-4-2;2*1-2/h3-6H,1-2H3;2*3-5H2,1-2H3;2*1-2H3. The summed E-state index contributed by atoms with van der Waals surface area (Å²) in [5.41, 5.74) is 1.23. The summed E-state index contributed by atoms with van der Waals surface area (Å²) in [6, 6.07) is 7.96. The van der Waals surface area contributed by atoms with Crippen molar-refractivity contribution in [2.75, 3.05) is 7.11 Å². The molecule has 0 spiro atoms. The third kappa shape index (κ3) is 33.7.